The van der Waals surface area contributed by atoms with E-state index in [1.54, 1.807) is 0 Å². The summed E-state index contributed by atoms with van der Waals surface area (Å²) in [4.78, 5) is 2.32. The molecule has 1 saturated heterocycles. The minimum atomic E-state index is 0.266. The Morgan fingerprint density at radius 3 is 3.08 bits per heavy atom. The van der Waals surface area contributed by atoms with Crippen LogP contribution in [0.5, 0.6) is 0 Å². The van der Waals surface area contributed by atoms with Crippen LogP contribution in [0, 0.1) is 0 Å². The van der Waals surface area contributed by atoms with Gasteiger partial charge in [0.05, 0.1) is 13.2 Å². The number of nitrogens with zero attached hydrogens (tertiary/aromatic N) is 1. The first-order valence-corrected chi connectivity index (χ1v) is 4.81. The van der Waals surface area contributed by atoms with Crippen molar-refractivity contribution in [1.82, 2.24) is 4.90 Å². The van der Waals surface area contributed by atoms with Crippen molar-refractivity contribution in [2.45, 2.75) is 25.8 Å². The summed E-state index contributed by atoms with van der Waals surface area (Å²) >= 11 is 0. The van der Waals surface area contributed by atoms with Crippen LogP contribution in [-0.2, 0) is 4.74 Å². The molecule has 1 atom stereocenters. The maximum Gasteiger partial charge on any atom is 0.0621 e. The van der Waals surface area contributed by atoms with Crippen LogP contribution in [0.3, 0.4) is 0 Å². The summed E-state index contributed by atoms with van der Waals surface area (Å²) in [5.41, 5.74) is 0. The molecule has 1 aliphatic rings. The van der Waals surface area contributed by atoms with Crippen molar-refractivity contribution < 1.29 is 9.84 Å². The lowest BCUT2D eigenvalue weighted by Crippen LogP contribution is -2.35. The van der Waals surface area contributed by atoms with Gasteiger partial charge >= 0.3 is 0 Å². The van der Waals surface area contributed by atoms with Crippen LogP contribution in [0.4, 0.5) is 0 Å². The normalized spacial score (nSPS) is 25.0. The molecule has 72 valence electrons. The van der Waals surface area contributed by atoms with Crippen molar-refractivity contribution in [2.75, 3.05) is 32.9 Å². The second-order valence-corrected chi connectivity index (χ2v) is 3.22. The van der Waals surface area contributed by atoms with Crippen LogP contribution >= 0.6 is 0 Å². The summed E-state index contributed by atoms with van der Waals surface area (Å²) in [6, 6.07) is 0.553. The number of ether oxygens (including phenoxy) is 1. The van der Waals surface area contributed by atoms with Gasteiger partial charge < -0.3 is 9.84 Å². The molecule has 0 aromatic carbocycles. The zero-order chi connectivity index (χ0) is 8.81. The van der Waals surface area contributed by atoms with Gasteiger partial charge in [0.1, 0.15) is 0 Å². The van der Waals surface area contributed by atoms with Gasteiger partial charge in [-0.3, -0.25) is 4.90 Å². The zero-order valence-electron chi connectivity index (χ0n) is 7.83. The van der Waals surface area contributed by atoms with Crippen LogP contribution in [0.25, 0.3) is 0 Å². The summed E-state index contributed by atoms with van der Waals surface area (Å²) in [6.45, 7) is 5.84. The SMILES string of the molecule is CCOC[C@@H]1CCCN1CCO. The molecule has 0 aromatic heterocycles. The molecule has 0 radical (unpaired) electrons. The molecule has 12 heavy (non-hydrogen) atoms. The maximum absolute atomic E-state index is 8.79. The van der Waals surface area contributed by atoms with E-state index in [0.29, 0.717) is 6.04 Å². The quantitative estimate of drug-likeness (QED) is 0.656. The van der Waals surface area contributed by atoms with E-state index in [4.69, 9.17) is 9.84 Å². The van der Waals surface area contributed by atoms with E-state index >= 15 is 0 Å². The Morgan fingerprint density at radius 2 is 2.42 bits per heavy atom. The van der Waals surface area contributed by atoms with E-state index in [-0.39, 0.29) is 6.61 Å². The number of likely N-dealkylation sites (tertiary alicyclic amines) is 1. The van der Waals surface area contributed by atoms with Gasteiger partial charge in [-0.05, 0) is 26.3 Å². The lowest BCUT2D eigenvalue weighted by atomic mass is 10.2. The third-order valence-corrected chi connectivity index (χ3v) is 2.40. The minimum absolute atomic E-state index is 0.266. The Kier molecular flexibility index (Phi) is 4.58. The smallest absolute Gasteiger partial charge is 0.0621 e. The largest absolute Gasteiger partial charge is 0.395 e. The molecule has 0 saturated carbocycles. The fourth-order valence-corrected chi connectivity index (χ4v) is 1.76. The molecule has 0 unspecified atom stereocenters. The fourth-order valence-electron chi connectivity index (χ4n) is 1.76. The third-order valence-electron chi connectivity index (χ3n) is 2.40. The Hall–Kier alpha value is -0.120. The predicted molar refractivity (Wildman–Crippen MR) is 48.2 cm³/mol. The van der Waals surface area contributed by atoms with Crippen LogP contribution in [0.15, 0.2) is 0 Å². The van der Waals surface area contributed by atoms with Crippen molar-refractivity contribution in [2.24, 2.45) is 0 Å². The fraction of sp³-hybridized carbons (Fsp3) is 1.00. The standard InChI is InChI=1S/C9H19NO2/c1-2-12-8-9-4-3-5-10(9)6-7-11/h9,11H,2-8H2,1H3/t9-/m0/s1. The Bertz CT molecular complexity index is 119. The van der Waals surface area contributed by atoms with Crippen LogP contribution in [-0.4, -0.2) is 49.0 Å². The monoisotopic (exact) mass is 173 g/mol. The van der Waals surface area contributed by atoms with Gasteiger partial charge in [-0.2, -0.15) is 0 Å². The molecule has 0 aliphatic carbocycles. The molecular formula is C9H19NO2. The number of aliphatic hydroxyl groups excluding tert-OH is 1. The average Bonchev–Trinajstić information content (AvgIpc) is 2.50. The average molecular weight is 173 g/mol. The highest BCUT2D eigenvalue weighted by Gasteiger charge is 2.23. The molecule has 1 fully saturated rings. The van der Waals surface area contributed by atoms with Crippen molar-refractivity contribution in [3.05, 3.63) is 0 Å². The highest BCUT2D eigenvalue weighted by Crippen LogP contribution is 2.16. The van der Waals surface area contributed by atoms with E-state index in [1.165, 1.54) is 12.8 Å². The highest BCUT2D eigenvalue weighted by molar-refractivity contribution is 4.78. The minimum Gasteiger partial charge on any atom is -0.395 e. The van der Waals surface area contributed by atoms with Crippen molar-refractivity contribution in [3.63, 3.8) is 0 Å². The highest BCUT2D eigenvalue weighted by atomic mass is 16.5. The topological polar surface area (TPSA) is 32.7 Å². The van der Waals surface area contributed by atoms with E-state index in [2.05, 4.69) is 4.90 Å². The van der Waals surface area contributed by atoms with Gasteiger partial charge in [-0.25, -0.2) is 0 Å². The molecule has 3 nitrogen and oxygen atoms in total. The molecule has 0 amide bonds. The van der Waals surface area contributed by atoms with E-state index < -0.39 is 0 Å². The number of hydrogen-bond acceptors (Lipinski definition) is 3. The van der Waals surface area contributed by atoms with Crippen molar-refractivity contribution in [3.8, 4) is 0 Å². The second-order valence-electron chi connectivity index (χ2n) is 3.22. The summed E-state index contributed by atoms with van der Waals surface area (Å²) in [5.74, 6) is 0. The van der Waals surface area contributed by atoms with E-state index in [9.17, 15) is 0 Å². The molecule has 0 spiro atoms. The summed E-state index contributed by atoms with van der Waals surface area (Å²) < 4.78 is 5.37. The van der Waals surface area contributed by atoms with Gasteiger partial charge in [-0.1, -0.05) is 0 Å². The molecule has 1 aliphatic heterocycles. The molecular weight excluding hydrogens is 154 g/mol. The number of β-amino-alcohol motifs (C(OH)–C–C–N with tert-alkyl or cyclic N) is 1. The number of aliphatic hydroxyl groups is 1. The van der Waals surface area contributed by atoms with Gasteiger partial charge in [0, 0.05) is 19.2 Å². The molecule has 1 rings (SSSR count). The first-order valence-electron chi connectivity index (χ1n) is 4.81. The van der Waals surface area contributed by atoms with Gasteiger partial charge in [0.2, 0.25) is 0 Å². The predicted octanol–water partition coefficient (Wildman–Crippen LogP) is 0.480. The van der Waals surface area contributed by atoms with Crippen molar-refractivity contribution >= 4 is 0 Å². The molecule has 0 bridgehead atoms. The lowest BCUT2D eigenvalue weighted by Gasteiger charge is -2.22. The van der Waals surface area contributed by atoms with E-state index in [1.807, 2.05) is 6.92 Å². The zero-order valence-corrected chi connectivity index (χ0v) is 7.83. The van der Waals surface area contributed by atoms with Crippen LogP contribution < -0.4 is 0 Å². The lowest BCUT2D eigenvalue weighted by molar-refractivity contribution is 0.0771. The van der Waals surface area contributed by atoms with Crippen LogP contribution in [0.2, 0.25) is 0 Å². The number of rotatable bonds is 5. The van der Waals surface area contributed by atoms with Crippen LogP contribution in [0.1, 0.15) is 19.8 Å². The summed E-state index contributed by atoms with van der Waals surface area (Å²) in [5, 5.41) is 8.79. The summed E-state index contributed by atoms with van der Waals surface area (Å²) in [6.07, 6.45) is 2.47. The molecule has 1 heterocycles. The van der Waals surface area contributed by atoms with E-state index in [0.717, 1.165) is 26.3 Å². The Labute approximate surface area is 74.3 Å². The van der Waals surface area contributed by atoms with Gasteiger partial charge in [0.15, 0.2) is 0 Å². The number of hydrogen-bond donors (Lipinski definition) is 1. The van der Waals surface area contributed by atoms with Gasteiger partial charge in [-0.15, -0.1) is 0 Å². The second kappa shape index (κ2) is 5.51. The van der Waals surface area contributed by atoms with Gasteiger partial charge in [0.25, 0.3) is 0 Å². The first-order chi connectivity index (χ1) is 5.88. The first kappa shape index (κ1) is 9.96. The summed E-state index contributed by atoms with van der Waals surface area (Å²) in [7, 11) is 0. The molecule has 1 N–H and O–H groups in total. The molecule has 0 aromatic rings. The third kappa shape index (κ3) is 2.73. The Morgan fingerprint density at radius 1 is 1.58 bits per heavy atom. The molecule has 3 heteroatoms. The maximum atomic E-state index is 8.79. The van der Waals surface area contributed by atoms with Crippen molar-refractivity contribution in [1.29, 1.82) is 0 Å². The Balaban J connectivity index is 2.20.